The molecule has 0 fully saturated rings. The van der Waals surface area contributed by atoms with Crippen LogP contribution in [0.1, 0.15) is 5.56 Å². The number of aliphatic hydroxyl groups excluding tert-OH is 1. The lowest BCUT2D eigenvalue weighted by Crippen LogP contribution is -2.24. The second-order valence-corrected chi connectivity index (χ2v) is 3.92. The van der Waals surface area contributed by atoms with Crippen LogP contribution in [-0.4, -0.2) is 45.6 Å². The molecule has 0 saturated heterocycles. The smallest absolute Gasteiger partial charge is 0.0698 e. The van der Waals surface area contributed by atoms with Crippen LogP contribution in [0.15, 0.2) is 24.3 Å². The molecular weight excluding hydrogens is 216 g/mol. The lowest BCUT2D eigenvalue weighted by atomic mass is 10.1. The average molecular weight is 238 g/mol. The van der Waals surface area contributed by atoms with Crippen molar-refractivity contribution in [3.05, 3.63) is 29.8 Å². The molecule has 2 N–H and O–H groups in total. The minimum absolute atomic E-state index is 0.0834. The standard InChI is InChI=1S/C13H22N2O2/c1-14-11-12-5-3-4-6-13(12)15(2)7-9-17-10-8-16/h3-6,14,16H,7-11H2,1-2H3. The molecule has 0 aliphatic heterocycles. The molecule has 0 atom stereocenters. The van der Waals surface area contributed by atoms with Crippen molar-refractivity contribution in [2.24, 2.45) is 0 Å². The highest BCUT2D eigenvalue weighted by atomic mass is 16.5. The summed E-state index contributed by atoms with van der Waals surface area (Å²) in [4.78, 5) is 2.17. The molecule has 0 aromatic heterocycles. The number of ether oxygens (including phenoxy) is 1. The molecule has 0 bridgehead atoms. The minimum Gasteiger partial charge on any atom is -0.394 e. The lowest BCUT2D eigenvalue weighted by Gasteiger charge is -2.22. The number of rotatable bonds is 8. The maximum atomic E-state index is 8.62. The van der Waals surface area contributed by atoms with Gasteiger partial charge in [-0.05, 0) is 18.7 Å². The first kappa shape index (κ1) is 14.0. The van der Waals surface area contributed by atoms with Gasteiger partial charge in [0.05, 0.1) is 19.8 Å². The third-order valence-corrected chi connectivity index (χ3v) is 2.58. The zero-order chi connectivity index (χ0) is 12.5. The number of para-hydroxylation sites is 1. The van der Waals surface area contributed by atoms with E-state index in [2.05, 4.69) is 29.4 Å². The highest BCUT2D eigenvalue weighted by Gasteiger charge is 2.05. The predicted molar refractivity (Wildman–Crippen MR) is 70.4 cm³/mol. The van der Waals surface area contributed by atoms with Gasteiger partial charge in [-0.15, -0.1) is 0 Å². The Balaban J connectivity index is 2.52. The van der Waals surface area contributed by atoms with E-state index < -0.39 is 0 Å². The zero-order valence-electron chi connectivity index (χ0n) is 10.6. The molecule has 1 aromatic rings. The Morgan fingerprint density at radius 1 is 1.29 bits per heavy atom. The monoisotopic (exact) mass is 238 g/mol. The Morgan fingerprint density at radius 2 is 2.06 bits per heavy atom. The Hall–Kier alpha value is -1.10. The molecule has 17 heavy (non-hydrogen) atoms. The van der Waals surface area contributed by atoms with Gasteiger partial charge in [0, 0.05) is 25.8 Å². The van der Waals surface area contributed by atoms with Gasteiger partial charge in [-0.1, -0.05) is 18.2 Å². The molecule has 0 heterocycles. The topological polar surface area (TPSA) is 44.7 Å². The first-order valence-corrected chi connectivity index (χ1v) is 5.92. The van der Waals surface area contributed by atoms with Crippen molar-refractivity contribution < 1.29 is 9.84 Å². The van der Waals surface area contributed by atoms with E-state index in [-0.39, 0.29) is 6.61 Å². The van der Waals surface area contributed by atoms with Crippen LogP contribution < -0.4 is 10.2 Å². The quantitative estimate of drug-likeness (QED) is 0.659. The maximum absolute atomic E-state index is 8.62. The van der Waals surface area contributed by atoms with Crippen molar-refractivity contribution in [2.75, 3.05) is 45.4 Å². The normalized spacial score (nSPS) is 10.5. The fourth-order valence-corrected chi connectivity index (χ4v) is 1.71. The second kappa shape index (κ2) is 8.06. The van der Waals surface area contributed by atoms with Gasteiger partial charge < -0.3 is 20.1 Å². The Morgan fingerprint density at radius 3 is 2.76 bits per heavy atom. The van der Waals surface area contributed by atoms with E-state index in [0.717, 1.165) is 13.1 Å². The molecule has 4 heteroatoms. The third kappa shape index (κ3) is 4.73. The fraction of sp³-hybridized carbons (Fsp3) is 0.538. The number of hydrogen-bond acceptors (Lipinski definition) is 4. The minimum atomic E-state index is 0.0834. The van der Waals surface area contributed by atoms with Crippen LogP contribution in [-0.2, 0) is 11.3 Å². The summed E-state index contributed by atoms with van der Waals surface area (Å²) in [5.41, 5.74) is 2.49. The lowest BCUT2D eigenvalue weighted by molar-refractivity contribution is 0.0971. The van der Waals surface area contributed by atoms with E-state index in [1.54, 1.807) is 0 Å². The molecule has 0 unspecified atom stereocenters. The highest BCUT2D eigenvalue weighted by Crippen LogP contribution is 2.18. The molecule has 96 valence electrons. The van der Waals surface area contributed by atoms with E-state index in [0.29, 0.717) is 13.2 Å². The van der Waals surface area contributed by atoms with Gasteiger partial charge in [-0.3, -0.25) is 0 Å². The van der Waals surface area contributed by atoms with Gasteiger partial charge >= 0.3 is 0 Å². The molecule has 1 aromatic carbocycles. The first-order chi connectivity index (χ1) is 8.29. The van der Waals surface area contributed by atoms with Gasteiger partial charge in [0.15, 0.2) is 0 Å². The Bertz CT molecular complexity index is 318. The summed E-state index contributed by atoms with van der Waals surface area (Å²) in [5, 5.41) is 11.8. The largest absolute Gasteiger partial charge is 0.394 e. The number of benzene rings is 1. The van der Waals surface area contributed by atoms with Gasteiger partial charge in [0.1, 0.15) is 0 Å². The number of likely N-dealkylation sites (N-methyl/N-ethyl adjacent to an activating group) is 1. The molecular formula is C13H22N2O2. The molecule has 0 spiro atoms. The zero-order valence-corrected chi connectivity index (χ0v) is 10.6. The predicted octanol–water partition coefficient (Wildman–Crippen LogP) is 0.851. The van der Waals surface area contributed by atoms with Crippen LogP contribution in [0.3, 0.4) is 0 Å². The van der Waals surface area contributed by atoms with Crippen LogP contribution in [0.5, 0.6) is 0 Å². The van der Waals surface area contributed by atoms with Gasteiger partial charge in [-0.25, -0.2) is 0 Å². The van der Waals surface area contributed by atoms with Crippen LogP contribution >= 0.6 is 0 Å². The van der Waals surface area contributed by atoms with Crippen LogP contribution in [0, 0.1) is 0 Å². The molecule has 0 amide bonds. The number of nitrogens with one attached hydrogen (secondary N) is 1. The SMILES string of the molecule is CNCc1ccccc1N(C)CCOCCO. The van der Waals surface area contributed by atoms with Crippen molar-refractivity contribution in [1.29, 1.82) is 0 Å². The van der Waals surface area contributed by atoms with Crippen molar-refractivity contribution in [1.82, 2.24) is 5.32 Å². The van der Waals surface area contributed by atoms with Gasteiger partial charge in [-0.2, -0.15) is 0 Å². The third-order valence-electron chi connectivity index (χ3n) is 2.58. The second-order valence-electron chi connectivity index (χ2n) is 3.92. The summed E-state index contributed by atoms with van der Waals surface area (Å²) >= 11 is 0. The summed E-state index contributed by atoms with van der Waals surface area (Å²) in [5.74, 6) is 0. The summed E-state index contributed by atoms with van der Waals surface area (Å²) < 4.78 is 5.27. The fourth-order valence-electron chi connectivity index (χ4n) is 1.71. The average Bonchev–Trinajstić information content (AvgIpc) is 2.35. The molecule has 0 saturated carbocycles. The number of anilines is 1. The Kier molecular flexibility index (Phi) is 6.62. The molecule has 0 aliphatic carbocycles. The van der Waals surface area contributed by atoms with Crippen molar-refractivity contribution in [3.8, 4) is 0 Å². The number of hydrogen-bond donors (Lipinski definition) is 2. The molecule has 0 aliphatic rings. The first-order valence-electron chi connectivity index (χ1n) is 5.92. The molecule has 1 rings (SSSR count). The Labute approximate surface area is 103 Å². The van der Waals surface area contributed by atoms with Crippen LogP contribution in [0.25, 0.3) is 0 Å². The van der Waals surface area contributed by atoms with E-state index in [9.17, 15) is 0 Å². The van der Waals surface area contributed by atoms with Gasteiger partial charge in [0.25, 0.3) is 0 Å². The summed E-state index contributed by atoms with van der Waals surface area (Å²) in [7, 11) is 4.00. The highest BCUT2D eigenvalue weighted by molar-refractivity contribution is 5.52. The van der Waals surface area contributed by atoms with E-state index in [4.69, 9.17) is 9.84 Å². The van der Waals surface area contributed by atoms with Gasteiger partial charge in [0.2, 0.25) is 0 Å². The van der Waals surface area contributed by atoms with E-state index >= 15 is 0 Å². The number of nitrogens with zero attached hydrogens (tertiary/aromatic N) is 1. The van der Waals surface area contributed by atoms with Crippen molar-refractivity contribution in [2.45, 2.75) is 6.54 Å². The van der Waals surface area contributed by atoms with Crippen LogP contribution in [0.2, 0.25) is 0 Å². The molecule has 4 nitrogen and oxygen atoms in total. The maximum Gasteiger partial charge on any atom is 0.0698 e. The molecule has 0 radical (unpaired) electrons. The summed E-state index contributed by atoms with van der Waals surface area (Å²) in [6, 6.07) is 8.32. The van der Waals surface area contributed by atoms with E-state index in [1.807, 2.05) is 19.2 Å². The van der Waals surface area contributed by atoms with Crippen molar-refractivity contribution >= 4 is 5.69 Å². The summed E-state index contributed by atoms with van der Waals surface area (Å²) in [6.07, 6.45) is 0. The van der Waals surface area contributed by atoms with E-state index in [1.165, 1.54) is 11.3 Å². The van der Waals surface area contributed by atoms with Crippen LogP contribution in [0.4, 0.5) is 5.69 Å². The van der Waals surface area contributed by atoms with Crippen molar-refractivity contribution in [3.63, 3.8) is 0 Å². The summed E-state index contributed by atoms with van der Waals surface area (Å²) in [6.45, 7) is 2.80. The number of aliphatic hydroxyl groups is 1.